The van der Waals surface area contributed by atoms with Crippen LogP contribution < -0.4 is 59.7 Å². The van der Waals surface area contributed by atoms with Gasteiger partial charge in [-0.15, -0.1) is 0 Å². The Morgan fingerprint density at radius 3 is 1.62 bits per heavy atom. The summed E-state index contributed by atoms with van der Waals surface area (Å²) in [6, 6.07) is -1.92. The van der Waals surface area contributed by atoms with Crippen molar-refractivity contribution < 1.29 is 58.2 Å². The van der Waals surface area contributed by atoms with Gasteiger partial charge in [0.05, 0.1) is 25.1 Å². The third kappa shape index (κ3) is 22.5. The molecule has 0 aliphatic rings. The quantitative estimate of drug-likeness (QED) is 0.0337. The number of aliphatic carboxylic acids is 1. The first-order valence-electron chi connectivity index (χ1n) is 22.9. The average molecular weight is 962 g/mol. The van der Waals surface area contributed by atoms with Gasteiger partial charge in [0.1, 0.15) is 36.3 Å². The number of hydrogen-bond donors (Lipinski definition) is 13. The minimum absolute atomic E-state index is 0.0253. The van der Waals surface area contributed by atoms with Crippen LogP contribution in [-0.2, 0) is 54.4 Å². The number of unbranched alkanes of at least 4 members (excludes halogenated alkanes) is 1. The van der Waals surface area contributed by atoms with Gasteiger partial charge in [0, 0.05) is 6.42 Å². The first kappa shape index (κ1) is 59.8. The van der Waals surface area contributed by atoms with Crippen molar-refractivity contribution in [2.24, 2.45) is 35.0 Å². The van der Waals surface area contributed by atoms with E-state index in [1.165, 1.54) is 13.8 Å². The minimum atomic E-state index is -1.66. The maximum Gasteiger partial charge on any atom is 0.328 e. The van der Waals surface area contributed by atoms with E-state index >= 15 is 0 Å². The molecule has 0 radical (unpaired) electrons. The molecule has 0 spiro atoms. The van der Waals surface area contributed by atoms with Crippen LogP contribution in [0.15, 0.2) is 30.3 Å². The number of aliphatic hydroxyl groups excluding tert-OH is 1. The normalized spacial score (nSPS) is 15.2. The zero-order valence-corrected chi connectivity index (χ0v) is 40.4. The molecule has 0 saturated heterocycles. The number of rotatable bonds is 31. The van der Waals surface area contributed by atoms with E-state index in [1.54, 1.807) is 58.0 Å². The third-order valence-corrected chi connectivity index (χ3v) is 10.4. The first-order chi connectivity index (χ1) is 31.8. The Bertz CT molecular complexity index is 1860. The summed E-state index contributed by atoms with van der Waals surface area (Å²) in [5.41, 5.74) is 17.7. The van der Waals surface area contributed by atoms with Crippen molar-refractivity contribution >= 4 is 59.1 Å². The highest BCUT2D eigenvalue weighted by Gasteiger charge is 2.35. The molecule has 1 aromatic rings. The lowest BCUT2D eigenvalue weighted by molar-refractivity contribution is -0.145. The lowest BCUT2D eigenvalue weighted by atomic mass is 9.98. The number of carboxylic acid groups (broad SMARTS) is 1. The van der Waals surface area contributed by atoms with Gasteiger partial charge in [-0.25, -0.2) is 4.79 Å². The first-order valence-corrected chi connectivity index (χ1v) is 22.9. The third-order valence-electron chi connectivity index (χ3n) is 10.4. The lowest BCUT2D eigenvalue weighted by Gasteiger charge is -2.28. The molecule has 0 aromatic heterocycles. The van der Waals surface area contributed by atoms with E-state index in [0.29, 0.717) is 31.4 Å². The molecule has 0 aliphatic carbocycles. The fourth-order valence-corrected chi connectivity index (χ4v) is 6.70. The Kier molecular flexibility index (Phi) is 26.6. The Balaban J connectivity index is 3.20. The highest BCUT2D eigenvalue weighted by atomic mass is 16.4. The predicted molar refractivity (Wildman–Crippen MR) is 250 cm³/mol. The molecule has 0 fully saturated rings. The van der Waals surface area contributed by atoms with Gasteiger partial charge < -0.3 is 69.9 Å². The molecule has 9 amide bonds. The number of nitrogens with two attached hydrogens (primary N) is 3. The van der Waals surface area contributed by atoms with E-state index in [4.69, 9.17) is 17.2 Å². The number of carbonyl (C=O) groups excluding carboxylic acids is 9. The molecule has 0 bridgehead atoms. The van der Waals surface area contributed by atoms with Gasteiger partial charge in [0.2, 0.25) is 53.2 Å². The van der Waals surface area contributed by atoms with E-state index in [0.717, 1.165) is 0 Å². The molecule has 1 rings (SSSR count). The molecule has 23 heteroatoms. The van der Waals surface area contributed by atoms with E-state index < -0.39 is 132 Å². The highest BCUT2D eigenvalue weighted by molar-refractivity contribution is 5.98. The Morgan fingerprint density at radius 2 is 1.10 bits per heavy atom. The summed E-state index contributed by atoms with van der Waals surface area (Å²) < 4.78 is 0. The average Bonchev–Trinajstić information content (AvgIpc) is 3.24. The van der Waals surface area contributed by atoms with E-state index in [2.05, 4.69) is 42.5 Å². The van der Waals surface area contributed by atoms with Gasteiger partial charge in [-0.05, 0) is 69.4 Å². The number of carbonyl (C=O) groups is 10. The number of nitrogens with one attached hydrogen (secondary N) is 8. The van der Waals surface area contributed by atoms with Crippen LogP contribution >= 0.6 is 0 Å². The molecule has 1 aromatic carbocycles. The number of hydrogen-bond acceptors (Lipinski definition) is 13. The summed E-state index contributed by atoms with van der Waals surface area (Å²) in [7, 11) is 0. The van der Waals surface area contributed by atoms with Crippen molar-refractivity contribution in [1.82, 2.24) is 42.5 Å². The number of primary amides is 1. The zero-order chi connectivity index (χ0) is 51.8. The Hall–Kier alpha value is -6.20. The SMILES string of the molecule is CC(C)C[C@H](NC(=O)[C@H](CC(N)=O)NC(=O)[C@@H](NC(=O)[C@H](CC(C)C)NC(=O)[C@@H](N)CCCCN)C(C)C)C(=O)NCC(=O)N[C@@H](Cc1ccccc1)C(=O)N[C@@H](C)C(=O)N[C@H](C(=O)O)[C@@H](C)O. The summed E-state index contributed by atoms with van der Waals surface area (Å²) in [5.74, 6) is -9.83. The molecule has 68 heavy (non-hydrogen) atoms. The molecular weight excluding hydrogens is 887 g/mol. The molecule has 0 saturated carbocycles. The van der Waals surface area contributed by atoms with Crippen LogP contribution in [0.4, 0.5) is 0 Å². The summed E-state index contributed by atoms with van der Waals surface area (Å²) in [6.07, 6.45) is -0.353. The smallest absolute Gasteiger partial charge is 0.328 e. The standard InChI is InChI=1S/C45H75N11O12/c1-23(2)18-30(40(62)49-22-35(59)51-32(20-28-14-10-9-11-15-28)41(63)50-26(7)38(60)56-37(27(8)57)45(67)68)53-42(64)33(21-34(48)58)54-44(66)36(25(5)6)55-43(65)31(19-24(3)4)52-39(61)29(47)16-12-13-17-46/h9-11,14-15,23-27,29-33,36-37,57H,12-13,16-22,46-47H2,1-8H3,(H2,48,58)(H,49,62)(H,50,63)(H,51,59)(H,52,61)(H,53,64)(H,54,66)(H,55,65)(H,56,60)(H,67,68)/t26-,27+,29-,30-,31-,32-,33-,36-,37-/m0/s1. The second-order valence-corrected chi connectivity index (χ2v) is 18.1. The Morgan fingerprint density at radius 1 is 0.588 bits per heavy atom. The van der Waals surface area contributed by atoms with Gasteiger partial charge >= 0.3 is 5.97 Å². The van der Waals surface area contributed by atoms with Crippen LogP contribution in [0.3, 0.4) is 0 Å². The highest BCUT2D eigenvalue weighted by Crippen LogP contribution is 2.12. The minimum Gasteiger partial charge on any atom is -0.480 e. The Labute approximate surface area is 397 Å². The number of benzene rings is 1. The second-order valence-electron chi connectivity index (χ2n) is 18.1. The number of carboxylic acids is 1. The molecule has 9 atom stereocenters. The molecule has 0 heterocycles. The van der Waals surface area contributed by atoms with Crippen molar-refractivity contribution in [3.63, 3.8) is 0 Å². The van der Waals surface area contributed by atoms with Crippen molar-refractivity contribution in [2.75, 3.05) is 13.1 Å². The maximum absolute atomic E-state index is 13.8. The van der Waals surface area contributed by atoms with Gasteiger partial charge in [-0.3, -0.25) is 43.2 Å². The second kappa shape index (κ2) is 30.2. The largest absolute Gasteiger partial charge is 0.480 e. The zero-order valence-electron chi connectivity index (χ0n) is 40.4. The summed E-state index contributed by atoms with van der Waals surface area (Å²) >= 11 is 0. The van der Waals surface area contributed by atoms with Crippen LogP contribution in [0.25, 0.3) is 0 Å². The van der Waals surface area contributed by atoms with E-state index in [9.17, 15) is 58.2 Å². The molecule has 16 N–H and O–H groups in total. The molecule has 0 aliphatic heterocycles. The van der Waals surface area contributed by atoms with Gasteiger partial charge in [0.25, 0.3) is 0 Å². The van der Waals surface area contributed by atoms with Crippen molar-refractivity contribution in [2.45, 2.75) is 155 Å². The van der Waals surface area contributed by atoms with Gasteiger partial charge in [-0.1, -0.05) is 78.3 Å². The monoisotopic (exact) mass is 962 g/mol. The van der Waals surface area contributed by atoms with Crippen molar-refractivity contribution in [3.8, 4) is 0 Å². The van der Waals surface area contributed by atoms with Crippen LogP contribution in [-0.4, -0.2) is 137 Å². The molecular formula is C45H75N11O12. The predicted octanol–water partition coefficient (Wildman–Crippen LogP) is -2.70. The van der Waals surface area contributed by atoms with E-state index in [1.807, 2.05) is 13.8 Å². The fraction of sp³-hybridized carbons (Fsp3) is 0.644. The molecule has 23 nitrogen and oxygen atoms in total. The van der Waals surface area contributed by atoms with Gasteiger partial charge in [0.15, 0.2) is 6.04 Å². The van der Waals surface area contributed by atoms with Crippen LogP contribution in [0.2, 0.25) is 0 Å². The lowest BCUT2D eigenvalue weighted by Crippen LogP contribution is -2.60. The summed E-state index contributed by atoms with van der Waals surface area (Å²) in [6.45, 7) is 12.6. The topological polar surface area (TPSA) is 385 Å². The fourth-order valence-electron chi connectivity index (χ4n) is 6.70. The van der Waals surface area contributed by atoms with Crippen molar-refractivity contribution in [3.05, 3.63) is 35.9 Å². The summed E-state index contributed by atoms with van der Waals surface area (Å²) in [5, 5.41) is 38.9. The van der Waals surface area contributed by atoms with Crippen LogP contribution in [0.5, 0.6) is 0 Å². The van der Waals surface area contributed by atoms with Crippen LogP contribution in [0.1, 0.15) is 99.5 Å². The molecule has 382 valence electrons. The van der Waals surface area contributed by atoms with Crippen LogP contribution in [0, 0.1) is 17.8 Å². The van der Waals surface area contributed by atoms with Gasteiger partial charge in [-0.2, -0.15) is 0 Å². The summed E-state index contributed by atoms with van der Waals surface area (Å²) in [4.78, 5) is 131. The maximum atomic E-state index is 13.8. The van der Waals surface area contributed by atoms with Crippen molar-refractivity contribution in [1.29, 1.82) is 0 Å². The number of aliphatic hydroxyl groups is 1. The van der Waals surface area contributed by atoms with E-state index in [-0.39, 0.29) is 31.1 Å². The molecule has 0 unspecified atom stereocenters. The number of amides is 9.